The number of morpholine rings is 1. The van der Waals surface area contributed by atoms with Gasteiger partial charge in [-0.05, 0) is 18.4 Å². The SMILES string of the molecule is O=S(=O)(N[C@H](CN1CCOCC1)c1ccccc1)N1CCCC1. The van der Waals surface area contributed by atoms with Crippen LogP contribution in [0.2, 0.25) is 0 Å². The van der Waals surface area contributed by atoms with Gasteiger partial charge in [0.2, 0.25) is 0 Å². The van der Waals surface area contributed by atoms with E-state index in [9.17, 15) is 8.42 Å². The third-order valence-corrected chi connectivity index (χ3v) is 6.07. The van der Waals surface area contributed by atoms with Gasteiger partial charge in [-0.3, -0.25) is 4.90 Å². The summed E-state index contributed by atoms with van der Waals surface area (Å²) in [6.45, 7) is 5.01. The fraction of sp³-hybridized carbons (Fsp3) is 0.625. The summed E-state index contributed by atoms with van der Waals surface area (Å²) in [5, 5.41) is 0. The Morgan fingerprint density at radius 3 is 2.35 bits per heavy atom. The van der Waals surface area contributed by atoms with Gasteiger partial charge in [0.25, 0.3) is 10.2 Å². The highest BCUT2D eigenvalue weighted by Crippen LogP contribution is 2.19. The average Bonchev–Trinajstić information content (AvgIpc) is 3.11. The molecule has 0 amide bonds. The first-order chi connectivity index (χ1) is 11.1. The minimum Gasteiger partial charge on any atom is -0.379 e. The van der Waals surface area contributed by atoms with Crippen molar-refractivity contribution in [1.82, 2.24) is 13.9 Å². The molecule has 7 heteroatoms. The maximum absolute atomic E-state index is 12.6. The normalized spacial score (nSPS) is 22.3. The lowest BCUT2D eigenvalue weighted by atomic mass is 10.1. The number of ether oxygens (including phenoxy) is 1. The molecule has 6 nitrogen and oxygen atoms in total. The lowest BCUT2D eigenvalue weighted by Gasteiger charge is -2.31. The molecule has 3 rings (SSSR count). The van der Waals surface area contributed by atoms with Crippen LogP contribution in [0, 0.1) is 0 Å². The molecule has 2 heterocycles. The van der Waals surface area contributed by atoms with Crippen LogP contribution in [0.4, 0.5) is 0 Å². The van der Waals surface area contributed by atoms with Crippen LogP contribution in [0.3, 0.4) is 0 Å². The molecule has 2 aliphatic heterocycles. The van der Waals surface area contributed by atoms with Gasteiger partial charge in [-0.25, -0.2) is 0 Å². The van der Waals surface area contributed by atoms with Crippen molar-refractivity contribution in [3.8, 4) is 0 Å². The fourth-order valence-corrected chi connectivity index (χ4v) is 4.58. The van der Waals surface area contributed by atoms with Crippen LogP contribution in [-0.4, -0.2) is 63.6 Å². The first kappa shape index (κ1) is 16.9. The molecular weight excluding hydrogens is 314 g/mol. The van der Waals surface area contributed by atoms with E-state index in [0.29, 0.717) is 32.8 Å². The van der Waals surface area contributed by atoms with Gasteiger partial charge in [0.05, 0.1) is 19.3 Å². The summed E-state index contributed by atoms with van der Waals surface area (Å²) in [7, 11) is -3.43. The van der Waals surface area contributed by atoms with Crippen molar-refractivity contribution in [2.45, 2.75) is 18.9 Å². The van der Waals surface area contributed by atoms with Crippen molar-refractivity contribution in [2.24, 2.45) is 0 Å². The van der Waals surface area contributed by atoms with Crippen molar-refractivity contribution in [3.63, 3.8) is 0 Å². The fourth-order valence-electron chi connectivity index (χ4n) is 3.12. The number of nitrogens with one attached hydrogen (secondary N) is 1. The molecule has 1 aromatic rings. The molecule has 0 unspecified atom stereocenters. The van der Waals surface area contributed by atoms with Crippen LogP contribution in [0.15, 0.2) is 30.3 Å². The minimum atomic E-state index is -3.43. The van der Waals surface area contributed by atoms with E-state index in [2.05, 4.69) is 9.62 Å². The van der Waals surface area contributed by atoms with Crippen molar-refractivity contribution >= 4 is 10.2 Å². The van der Waals surface area contributed by atoms with E-state index in [4.69, 9.17) is 4.74 Å². The second-order valence-electron chi connectivity index (χ2n) is 6.11. The van der Waals surface area contributed by atoms with E-state index in [1.807, 2.05) is 30.3 Å². The van der Waals surface area contributed by atoms with Crippen LogP contribution in [-0.2, 0) is 14.9 Å². The molecule has 2 aliphatic rings. The van der Waals surface area contributed by atoms with Gasteiger partial charge < -0.3 is 4.74 Å². The molecule has 2 fully saturated rings. The molecule has 23 heavy (non-hydrogen) atoms. The van der Waals surface area contributed by atoms with Crippen LogP contribution in [0.5, 0.6) is 0 Å². The number of rotatable bonds is 6. The molecule has 0 radical (unpaired) electrons. The molecule has 128 valence electrons. The minimum absolute atomic E-state index is 0.236. The highest BCUT2D eigenvalue weighted by molar-refractivity contribution is 7.87. The molecule has 0 spiro atoms. The van der Waals surface area contributed by atoms with Gasteiger partial charge in [-0.1, -0.05) is 30.3 Å². The van der Waals surface area contributed by atoms with Crippen molar-refractivity contribution in [1.29, 1.82) is 0 Å². The maximum Gasteiger partial charge on any atom is 0.280 e. The van der Waals surface area contributed by atoms with Crippen LogP contribution in [0.1, 0.15) is 24.4 Å². The lowest BCUT2D eigenvalue weighted by molar-refractivity contribution is 0.0344. The predicted molar refractivity (Wildman–Crippen MR) is 89.3 cm³/mol. The summed E-state index contributed by atoms with van der Waals surface area (Å²) in [6, 6.07) is 9.58. The average molecular weight is 339 g/mol. The van der Waals surface area contributed by atoms with Crippen molar-refractivity contribution in [2.75, 3.05) is 45.9 Å². The van der Waals surface area contributed by atoms with Crippen molar-refractivity contribution < 1.29 is 13.2 Å². The second-order valence-corrected chi connectivity index (χ2v) is 7.81. The van der Waals surface area contributed by atoms with E-state index < -0.39 is 10.2 Å². The van der Waals surface area contributed by atoms with Crippen molar-refractivity contribution in [3.05, 3.63) is 35.9 Å². The summed E-state index contributed by atoms with van der Waals surface area (Å²) in [4.78, 5) is 2.26. The topological polar surface area (TPSA) is 61.9 Å². The van der Waals surface area contributed by atoms with Crippen LogP contribution < -0.4 is 4.72 Å². The Bertz CT molecular complexity index is 582. The molecule has 0 bridgehead atoms. The molecule has 1 atom stereocenters. The summed E-state index contributed by atoms with van der Waals surface area (Å²) in [5.41, 5.74) is 1.00. The smallest absolute Gasteiger partial charge is 0.280 e. The third kappa shape index (κ3) is 4.51. The zero-order chi connectivity index (χ0) is 16.1. The Balaban J connectivity index is 1.74. The molecule has 1 N–H and O–H groups in total. The van der Waals surface area contributed by atoms with Crippen LogP contribution in [0.25, 0.3) is 0 Å². The third-order valence-electron chi connectivity index (χ3n) is 4.44. The van der Waals surface area contributed by atoms with E-state index in [1.54, 1.807) is 4.31 Å². The quantitative estimate of drug-likeness (QED) is 0.840. The first-order valence-corrected chi connectivity index (χ1v) is 9.71. The highest BCUT2D eigenvalue weighted by Gasteiger charge is 2.29. The predicted octanol–water partition coefficient (Wildman–Crippen LogP) is 0.990. The number of benzene rings is 1. The molecule has 2 saturated heterocycles. The highest BCUT2D eigenvalue weighted by atomic mass is 32.2. The van der Waals surface area contributed by atoms with E-state index in [0.717, 1.165) is 31.5 Å². The van der Waals surface area contributed by atoms with E-state index in [1.165, 1.54) is 0 Å². The Hall–Kier alpha value is -0.990. The van der Waals surface area contributed by atoms with E-state index >= 15 is 0 Å². The van der Waals surface area contributed by atoms with E-state index in [-0.39, 0.29) is 6.04 Å². The molecule has 1 aromatic carbocycles. The Kier molecular flexibility index (Phi) is 5.66. The summed E-state index contributed by atoms with van der Waals surface area (Å²) >= 11 is 0. The van der Waals surface area contributed by atoms with Gasteiger partial charge in [0.15, 0.2) is 0 Å². The van der Waals surface area contributed by atoms with Gasteiger partial charge in [-0.15, -0.1) is 0 Å². The summed E-state index contributed by atoms with van der Waals surface area (Å²) in [6.07, 6.45) is 1.89. The zero-order valence-corrected chi connectivity index (χ0v) is 14.2. The zero-order valence-electron chi connectivity index (χ0n) is 13.4. The number of nitrogens with zero attached hydrogens (tertiary/aromatic N) is 2. The lowest BCUT2D eigenvalue weighted by Crippen LogP contribution is -2.46. The molecular formula is C16H25N3O3S. The van der Waals surface area contributed by atoms with Gasteiger partial charge in [-0.2, -0.15) is 17.4 Å². The summed E-state index contributed by atoms with van der Waals surface area (Å²) in [5.74, 6) is 0. The van der Waals surface area contributed by atoms with Gasteiger partial charge in [0, 0.05) is 32.7 Å². The standard InChI is InChI=1S/C16H25N3O3S/c20-23(21,19-8-4-5-9-19)17-16(15-6-2-1-3-7-15)14-18-10-12-22-13-11-18/h1-3,6-7,16-17H,4-5,8-14H2/t16-/m1/s1. The monoisotopic (exact) mass is 339 g/mol. The number of hydrogen-bond donors (Lipinski definition) is 1. The Morgan fingerprint density at radius 2 is 1.70 bits per heavy atom. The Morgan fingerprint density at radius 1 is 1.04 bits per heavy atom. The summed E-state index contributed by atoms with van der Waals surface area (Å²) < 4.78 is 35.1. The largest absolute Gasteiger partial charge is 0.379 e. The number of hydrogen-bond acceptors (Lipinski definition) is 4. The molecule has 0 aromatic heterocycles. The first-order valence-electron chi connectivity index (χ1n) is 8.27. The molecule has 0 saturated carbocycles. The van der Waals surface area contributed by atoms with Gasteiger partial charge in [0.1, 0.15) is 0 Å². The second kappa shape index (κ2) is 7.72. The Labute approximate surface area is 138 Å². The maximum atomic E-state index is 12.6. The van der Waals surface area contributed by atoms with Crippen LogP contribution >= 0.6 is 0 Å². The van der Waals surface area contributed by atoms with Gasteiger partial charge >= 0.3 is 0 Å². The molecule has 0 aliphatic carbocycles.